The number of hydrogen-bond acceptors (Lipinski definition) is 6. The second-order valence-corrected chi connectivity index (χ2v) is 7.00. The fraction of sp³-hybridized carbons (Fsp3) is 0.682. The molecule has 158 valence electrons. The largest absolute Gasteiger partial charge is 0.467 e. The van der Waals surface area contributed by atoms with Gasteiger partial charge < -0.3 is 13.9 Å². The van der Waals surface area contributed by atoms with E-state index in [9.17, 15) is 9.59 Å². The molecule has 1 unspecified atom stereocenters. The topological polar surface area (TPSA) is 78.1 Å². The minimum absolute atomic E-state index is 0.138. The first-order valence-electron chi connectivity index (χ1n) is 10.5. The van der Waals surface area contributed by atoms with Gasteiger partial charge in [0.1, 0.15) is 11.8 Å². The first-order valence-corrected chi connectivity index (χ1v) is 10.5. The van der Waals surface area contributed by atoms with Crippen LogP contribution in [0.2, 0.25) is 0 Å². The Morgan fingerprint density at radius 2 is 1.64 bits per heavy atom. The highest BCUT2D eigenvalue weighted by molar-refractivity contribution is 5.88. The zero-order valence-corrected chi connectivity index (χ0v) is 17.6. The molecule has 0 amide bonds. The van der Waals surface area contributed by atoms with Crippen molar-refractivity contribution >= 4 is 18.2 Å². The molecular weight excluding hydrogens is 358 g/mol. The van der Waals surface area contributed by atoms with E-state index in [1.807, 2.05) is 0 Å². The summed E-state index contributed by atoms with van der Waals surface area (Å²) in [5.74, 6) is -0.378. The zero-order valence-electron chi connectivity index (χ0n) is 17.6. The third-order valence-corrected chi connectivity index (χ3v) is 4.53. The number of methoxy groups -OCH3 is 1. The van der Waals surface area contributed by atoms with Crippen LogP contribution in [0.1, 0.15) is 94.4 Å². The molecule has 0 spiro atoms. The molecule has 0 radical (unpaired) electrons. The molecule has 0 saturated heterocycles. The number of nitrogens with zero attached hydrogens (tertiary/aromatic N) is 1. The number of carbonyl (C=O) groups is 2. The normalized spacial score (nSPS) is 12.2. The van der Waals surface area contributed by atoms with E-state index in [-0.39, 0.29) is 5.76 Å². The van der Waals surface area contributed by atoms with Gasteiger partial charge in [-0.05, 0) is 25.5 Å². The SMILES string of the molecule is CCCCCCCCCCCCOC(=O)c1ccc(C=NC(C)C(=O)OC)o1. The van der Waals surface area contributed by atoms with Gasteiger partial charge in [-0.25, -0.2) is 9.59 Å². The molecule has 0 aromatic carbocycles. The average Bonchev–Trinajstić information content (AvgIpc) is 3.18. The van der Waals surface area contributed by atoms with Crippen molar-refractivity contribution in [3.8, 4) is 0 Å². The van der Waals surface area contributed by atoms with Crippen molar-refractivity contribution in [1.29, 1.82) is 0 Å². The first-order chi connectivity index (χ1) is 13.6. The third-order valence-electron chi connectivity index (χ3n) is 4.53. The molecule has 0 fully saturated rings. The Labute approximate surface area is 168 Å². The van der Waals surface area contributed by atoms with Crippen LogP contribution in [0, 0.1) is 0 Å². The molecule has 28 heavy (non-hydrogen) atoms. The van der Waals surface area contributed by atoms with Crippen molar-refractivity contribution in [1.82, 2.24) is 0 Å². The fourth-order valence-corrected chi connectivity index (χ4v) is 2.77. The highest BCUT2D eigenvalue weighted by Gasteiger charge is 2.13. The summed E-state index contributed by atoms with van der Waals surface area (Å²) in [6.45, 7) is 4.26. The molecule has 0 bridgehead atoms. The van der Waals surface area contributed by atoms with Gasteiger partial charge in [0, 0.05) is 0 Å². The fourth-order valence-electron chi connectivity index (χ4n) is 2.77. The van der Waals surface area contributed by atoms with Crippen LogP contribution in [-0.4, -0.2) is 37.9 Å². The molecule has 1 rings (SSSR count). The van der Waals surface area contributed by atoms with Crippen molar-refractivity contribution in [3.63, 3.8) is 0 Å². The number of aliphatic imine (C=N–C) groups is 1. The molecule has 1 atom stereocenters. The van der Waals surface area contributed by atoms with Gasteiger partial charge in [0.2, 0.25) is 5.76 Å². The van der Waals surface area contributed by atoms with Crippen LogP contribution in [0.3, 0.4) is 0 Å². The first kappa shape index (κ1) is 23.9. The van der Waals surface area contributed by atoms with Gasteiger partial charge in [0.15, 0.2) is 0 Å². The zero-order chi connectivity index (χ0) is 20.6. The van der Waals surface area contributed by atoms with Gasteiger partial charge in [-0.2, -0.15) is 0 Å². The summed E-state index contributed by atoms with van der Waals surface area (Å²) in [5, 5.41) is 0. The Balaban J connectivity index is 2.14. The van der Waals surface area contributed by atoms with Gasteiger partial charge in [0.25, 0.3) is 0 Å². The molecule has 1 heterocycles. The van der Waals surface area contributed by atoms with E-state index < -0.39 is 18.0 Å². The Hall–Kier alpha value is -2.11. The molecule has 0 saturated carbocycles. The van der Waals surface area contributed by atoms with Crippen LogP contribution < -0.4 is 0 Å². The Morgan fingerprint density at radius 1 is 1.04 bits per heavy atom. The quantitative estimate of drug-likeness (QED) is 0.228. The number of carbonyl (C=O) groups excluding carboxylic acids is 2. The molecule has 6 nitrogen and oxygen atoms in total. The van der Waals surface area contributed by atoms with E-state index in [0.29, 0.717) is 12.4 Å². The van der Waals surface area contributed by atoms with E-state index in [1.165, 1.54) is 64.7 Å². The Bertz CT molecular complexity index is 594. The van der Waals surface area contributed by atoms with Crippen LogP contribution in [-0.2, 0) is 14.3 Å². The maximum atomic E-state index is 12.0. The minimum Gasteiger partial charge on any atom is -0.467 e. The molecule has 0 aliphatic rings. The molecule has 1 aromatic heterocycles. The second kappa shape index (κ2) is 14.9. The van der Waals surface area contributed by atoms with Gasteiger partial charge in [0.05, 0.1) is 19.9 Å². The van der Waals surface area contributed by atoms with Crippen LogP contribution >= 0.6 is 0 Å². The second-order valence-electron chi connectivity index (χ2n) is 7.00. The predicted molar refractivity (Wildman–Crippen MR) is 110 cm³/mol. The van der Waals surface area contributed by atoms with Gasteiger partial charge in [-0.15, -0.1) is 0 Å². The van der Waals surface area contributed by atoms with Crippen LogP contribution in [0.15, 0.2) is 21.5 Å². The van der Waals surface area contributed by atoms with E-state index in [4.69, 9.17) is 9.15 Å². The lowest BCUT2D eigenvalue weighted by Gasteiger charge is -2.04. The van der Waals surface area contributed by atoms with Crippen LogP contribution in [0.25, 0.3) is 0 Å². The number of ether oxygens (including phenoxy) is 2. The summed E-state index contributed by atoms with van der Waals surface area (Å²) >= 11 is 0. The average molecular weight is 394 g/mol. The highest BCUT2D eigenvalue weighted by Crippen LogP contribution is 2.12. The van der Waals surface area contributed by atoms with Crippen molar-refractivity contribution in [2.75, 3.05) is 13.7 Å². The molecule has 6 heteroatoms. The summed E-state index contributed by atoms with van der Waals surface area (Å²) in [6, 6.07) is 2.54. The van der Waals surface area contributed by atoms with Crippen molar-refractivity contribution in [3.05, 3.63) is 23.7 Å². The minimum atomic E-state index is -0.623. The Morgan fingerprint density at radius 3 is 2.25 bits per heavy atom. The number of esters is 2. The third kappa shape index (κ3) is 10.3. The molecule has 0 aliphatic heterocycles. The van der Waals surface area contributed by atoms with Crippen molar-refractivity contribution in [2.24, 2.45) is 4.99 Å². The van der Waals surface area contributed by atoms with E-state index in [0.717, 1.165) is 12.8 Å². The molecule has 1 aromatic rings. The summed E-state index contributed by atoms with van der Waals surface area (Å²) in [5.41, 5.74) is 0. The molecule has 0 aliphatic carbocycles. The predicted octanol–water partition coefficient (Wildman–Crippen LogP) is 5.34. The van der Waals surface area contributed by atoms with Crippen molar-refractivity contribution < 1.29 is 23.5 Å². The summed E-state index contributed by atoms with van der Waals surface area (Å²) in [4.78, 5) is 27.3. The van der Waals surface area contributed by atoms with Gasteiger partial charge in [-0.1, -0.05) is 64.7 Å². The summed E-state index contributed by atoms with van der Waals surface area (Å²) in [6.07, 6.45) is 13.8. The van der Waals surface area contributed by atoms with E-state index in [1.54, 1.807) is 19.1 Å². The Kier molecular flexibility index (Phi) is 12.7. The lowest BCUT2D eigenvalue weighted by atomic mass is 10.1. The van der Waals surface area contributed by atoms with E-state index >= 15 is 0 Å². The standard InChI is InChI=1S/C22H35NO5/c1-4-5-6-7-8-9-10-11-12-13-16-27-22(25)20-15-14-19(28-20)17-23-18(2)21(24)26-3/h14-15,17-18H,4-13,16H2,1-3H3. The van der Waals surface area contributed by atoms with Crippen molar-refractivity contribution in [2.45, 2.75) is 84.1 Å². The number of furan rings is 1. The number of unbranched alkanes of at least 4 members (excludes halogenated alkanes) is 9. The lowest BCUT2D eigenvalue weighted by molar-refractivity contribution is -0.141. The van der Waals surface area contributed by atoms with E-state index in [2.05, 4.69) is 16.7 Å². The summed E-state index contributed by atoms with van der Waals surface area (Å²) < 4.78 is 15.2. The maximum absolute atomic E-state index is 12.0. The smallest absolute Gasteiger partial charge is 0.374 e. The van der Waals surface area contributed by atoms with Gasteiger partial charge in [-0.3, -0.25) is 4.99 Å². The van der Waals surface area contributed by atoms with Crippen LogP contribution in [0.5, 0.6) is 0 Å². The monoisotopic (exact) mass is 393 g/mol. The maximum Gasteiger partial charge on any atom is 0.374 e. The molecular formula is C22H35NO5. The highest BCUT2D eigenvalue weighted by atomic mass is 16.5. The number of hydrogen-bond donors (Lipinski definition) is 0. The van der Waals surface area contributed by atoms with Crippen LogP contribution in [0.4, 0.5) is 0 Å². The summed E-state index contributed by atoms with van der Waals surface area (Å²) in [7, 11) is 1.31. The number of rotatable bonds is 15. The molecule has 0 N–H and O–H groups in total. The van der Waals surface area contributed by atoms with Gasteiger partial charge >= 0.3 is 11.9 Å². The lowest BCUT2D eigenvalue weighted by Crippen LogP contribution is -2.16.